The highest BCUT2D eigenvalue weighted by Crippen LogP contribution is 2.24. The molecule has 0 amide bonds. The lowest BCUT2D eigenvalue weighted by Gasteiger charge is -2.10. The van der Waals surface area contributed by atoms with Crippen LogP contribution in [0, 0.1) is 5.92 Å². The van der Waals surface area contributed by atoms with Crippen molar-refractivity contribution in [2.75, 3.05) is 6.54 Å². The fraction of sp³-hybridized carbons (Fsp3) is 0.500. The zero-order valence-electron chi connectivity index (χ0n) is 10.3. The van der Waals surface area contributed by atoms with Crippen LogP contribution in [-0.2, 0) is 6.54 Å². The molecule has 1 aliphatic carbocycles. The van der Waals surface area contributed by atoms with E-state index in [1.54, 1.807) is 12.1 Å². The second-order valence-corrected chi connectivity index (χ2v) is 4.97. The third-order valence-electron chi connectivity index (χ3n) is 3.48. The number of carboxylic acid groups (broad SMARTS) is 1. The van der Waals surface area contributed by atoms with Gasteiger partial charge in [-0.3, -0.25) is 0 Å². The Morgan fingerprint density at radius 3 is 2.56 bits per heavy atom. The van der Waals surface area contributed by atoms with Crippen molar-refractivity contribution >= 4 is 5.97 Å². The maximum Gasteiger partial charge on any atom is 0.335 e. The number of hydrogen-bond acceptors (Lipinski definition) is 3. The molecule has 2 atom stereocenters. The van der Waals surface area contributed by atoms with E-state index in [-0.39, 0.29) is 6.10 Å². The monoisotopic (exact) mass is 249 g/mol. The Hall–Kier alpha value is -1.39. The number of carboxylic acids is 1. The lowest BCUT2D eigenvalue weighted by Crippen LogP contribution is -2.21. The lowest BCUT2D eigenvalue weighted by atomic mass is 10.1. The molecule has 1 aromatic carbocycles. The van der Waals surface area contributed by atoms with Gasteiger partial charge in [-0.25, -0.2) is 4.79 Å². The van der Waals surface area contributed by atoms with Gasteiger partial charge < -0.3 is 15.5 Å². The maximum atomic E-state index is 10.7. The normalized spacial score (nSPS) is 23.2. The van der Waals surface area contributed by atoms with Gasteiger partial charge in [-0.1, -0.05) is 12.1 Å². The van der Waals surface area contributed by atoms with E-state index in [2.05, 4.69) is 5.32 Å². The molecule has 1 aromatic rings. The van der Waals surface area contributed by atoms with Crippen LogP contribution in [-0.4, -0.2) is 28.8 Å². The largest absolute Gasteiger partial charge is 0.478 e. The summed E-state index contributed by atoms with van der Waals surface area (Å²) in [7, 11) is 0. The summed E-state index contributed by atoms with van der Waals surface area (Å²) in [6, 6.07) is 6.91. The second-order valence-electron chi connectivity index (χ2n) is 4.97. The van der Waals surface area contributed by atoms with Gasteiger partial charge in [0.25, 0.3) is 0 Å². The van der Waals surface area contributed by atoms with E-state index in [4.69, 9.17) is 5.11 Å². The second kappa shape index (κ2) is 5.98. The smallest absolute Gasteiger partial charge is 0.335 e. The molecule has 4 heteroatoms. The van der Waals surface area contributed by atoms with Crippen LogP contribution in [0.3, 0.4) is 0 Å². The number of aliphatic hydroxyl groups is 1. The Bertz CT molecular complexity index is 402. The predicted octanol–water partition coefficient (Wildman–Crippen LogP) is 1.64. The topological polar surface area (TPSA) is 69.6 Å². The highest BCUT2D eigenvalue weighted by atomic mass is 16.4. The summed E-state index contributed by atoms with van der Waals surface area (Å²) >= 11 is 0. The molecule has 0 saturated heterocycles. The van der Waals surface area contributed by atoms with Crippen molar-refractivity contribution < 1.29 is 15.0 Å². The van der Waals surface area contributed by atoms with Crippen LogP contribution in [0.15, 0.2) is 24.3 Å². The van der Waals surface area contributed by atoms with E-state index in [9.17, 15) is 9.90 Å². The van der Waals surface area contributed by atoms with E-state index in [0.717, 1.165) is 37.9 Å². The van der Waals surface area contributed by atoms with Gasteiger partial charge in [-0.05, 0) is 49.4 Å². The number of rotatable bonds is 5. The van der Waals surface area contributed by atoms with Crippen molar-refractivity contribution in [3.63, 3.8) is 0 Å². The molecular formula is C14H19NO3. The standard InChI is InChI=1S/C14H19NO3/c16-13-6-3-11(7-13)9-15-8-10-1-4-12(5-2-10)14(17)18/h1-2,4-5,11,13,15-16H,3,6-9H2,(H,17,18). The predicted molar refractivity (Wildman–Crippen MR) is 68.5 cm³/mol. The average molecular weight is 249 g/mol. The summed E-state index contributed by atoms with van der Waals surface area (Å²) in [4.78, 5) is 10.7. The van der Waals surface area contributed by atoms with E-state index in [1.165, 1.54) is 0 Å². The summed E-state index contributed by atoms with van der Waals surface area (Å²) < 4.78 is 0. The van der Waals surface area contributed by atoms with Crippen molar-refractivity contribution in [2.24, 2.45) is 5.92 Å². The maximum absolute atomic E-state index is 10.7. The van der Waals surface area contributed by atoms with Crippen LogP contribution in [0.25, 0.3) is 0 Å². The van der Waals surface area contributed by atoms with Crippen LogP contribution >= 0.6 is 0 Å². The van der Waals surface area contributed by atoms with Gasteiger partial charge in [0.15, 0.2) is 0 Å². The van der Waals surface area contributed by atoms with E-state index < -0.39 is 5.97 Å². The molecule has 1 fully saturated rings. The van der Waals surface area contributed by atoms with Gasteiger partial charge in [0.2, 0.25) is 0 Å². The summed E-state index contributed by atoms with van der Waals surface area (Å²) in [5.74, 6) is -0.326. The average Bonchev–Trinajstić information content (AvgIpc) is 2.76. The molecule has 0 aromatic heterocycles. The summed E-state index contributed by atoms with van der Waals surface area (Å²) in [6.45, 7) is 1.66. The van der Waals surface area contributed by atoms with E-state index >= 15 is 0 Å². The Balaban J connectivity index is 1.75. The van der Waals surface area contributed by atoms with Crippen LogP contribution in [0.4, 0.5) is 0 Å². The van der Waals surface area contributed by atoms with Crippen molar-refractivity contribution in [3.8, 4) is 0 Å². The molecule has 4 nitrogen and oxygen atoms in total. The summed E-state index contributed by atoms with van der Waals surface area (Å²) in [5, 5.41) is 21.6. The Morgan fingerprint density at radius 1 is 1.28 bits per heavy atom. The fourth-order valence-corrected chi connectivity index (χ4v) is 2.42. The molecule has 1 saturated carbocycles. The first-order valence-electron chi connectivity index (χ1n) is 6.36. The highest BCUT2D eigenvalue weighted by molar-refractivity contribution is 5.87. The Morgan fingerprint density at radius 2 is 2.00 bits per heavy atom. The third-order valence-corrected chi connectivity index (χ3v) is 3.48. The van der Waals surface area contributed by atoms with E-state index in [0.29, 0.717) is 11.5 Å². The number of aromatic carboxylic acids is 1. The Kier molecular flexibility index (Phi) is 4.33. The molecule has 1 aliphatic rings. The van der Waals surface area contributed by atoms with Crippen LogP contribution < -0.4 is 5.32 Å². The van der Waals surface area contributed by atoms with Crippen LogP contribution in [0.2, 0.25) is 0 Å². The molecule has 0 bridgehead atoms. The van der Waals surface area contributed by atoms with Gasteiger partial charge >= 0.3 is 5.97 Å². The van der Waals surface area contributed by atoms with Gasteiger partial charge in [0.1, 0.15) is 0 Å². The van der Waals surface area contributed by atoms with Crippen molar-refractivity contribution in [1.29, 1.82) is 0 Å². The van der Waals surface area contributed by atoms with Gasteiger partial charge in [-0.15, -0.1) is 0 Å². The molecule has 98 valence electrons. The Labute approximate surface area is 107 Å². The van der Waals surface area contributed by atoms with Crippen molar-refractivity contribution in [1.82, 2.24) is 5.32 Å². The SMILES string of the molecule is O=C(O)c1ccc(CNCC2CCC(O)C2)cc1. The van der Waals surface area contributed by atoms with Gasteiger partial charge in [0.05, 0.1) is 11.7 Å². The van der Waals surface area contributed by atoms with Crippen molar-refractivity contribution in [2.45, 2.75) is 31.9 Å². The number of nitrogens with one attached hydrogen (secondary N) is 1. The van der Waals surface area contributed by atoms with Crippen molar-refractivity contribution in [3.05, 3.63) is 35.4 Å². The van der Waals surface area contributed by atoms with Crippen LogP contribution in [0.1, 0.15) is 35.2 Å². The van der Waals surface area contributed by atoms with Crippen LogP contribution in [0.5, 0.6) is 0 Å². The van der Waals surface area contributed by atoms with Gasteiger partial charge in [0, 0.05) is 6.54 Å². The van der Waals surface area contributed by atoms with Gasteiger partial charge in [-0.2, -0.15) is 0 Å². The minimum atomic E-state index is -0.894. The molecule has 2 rings (SSSR count). The first-order valence-corrected chi connectivity index (χ1v) is 6.36. The minimum Gasteiger partial charge on any atom is -0.478 e. The molecule has 0 spiro atoms. The summed E-state index contributed by atoms with van der Waals surface area (Å²) in [5.41, 5.74) is 1.40. The summed E-state index contributed by atoms with van der Waals surface area (Å²) in [6.07, 6.45) is 2.78. The lowest BCUT2D eigenvalue weighted by molar-refractivity contribution is 0.0697. The number of hydrogen-bond donors (Lipinski definition) is 3. The minimum absolute atomic E-state index is 0.119. The zero-order valence-corrected chi connectivity index (χ0v) is 10.3. The first kappa shape index (κ1) is 13.1. The molecule has 18 heavy (non-hydrogen) atoms. The molecule has 3 N–H and O–H groups in total. The number of carbonyl (C=O) groups is 1. The fourth-order valence-electron chi connectivity index (χ4n) is 2.42. The third kappa shape index (κ3) is 3.55. The molecular weight excluding hydrogens is 230 g/mol. The van der Waals surface area contributed by atoms with E-state index in [1.807, 2.05) is 12.1 Å². The molecule has 0 heterocycles. The number of aliphatic hydroxyl groups excluding tert-OH is 1. The highest BCUT2D eigenvalue weighted by Gasteiger charge is 2.21. The zero-order chi connectivity index (χ0) is 13.0. The number of benzene rings is 1. The quantitative estimate of drug-likeness (QED) is 0.742. The molecule has 0 radical (unpaired) electrons. The first-order chi connectivity index (χ1) is 8.65. The molecule has 0 aliphatic heterocycles. The molecule has 2 unspecified atom stereocenters.